The van der Waals surface area contributed by atoms with E-state index in [0.29, 0.717) is 11.0 Å². The van der Waals surface area contributed by atoms with Crippen LogP contribution in [0.4, 0.5) is 23.3 Å². The summed E-state index contributed by atoms with van der Waals surface area (Å²) in [6.07, 6.45) is 0. The predicted octanol–water partition coefficient (Wildman–Crippen LogP) is 4.50. The van der Waals surface area contributed by atoms with Gasteiger partial charge in [-0.1, -0.05) is 72.8 Å². The molecule has 0 unspecified atom stereocenters. The summed E-state index contributed by atoms with van der Waals surface area (Å²) in [6, 6.07) is 24.4. The molecule has 3 N–H and O–H groups in total. The standard InChI is InChI=1S/C24H15BN6/c25-31-23-17-11-5-6-12-18(17)24(31)30-22-16-10-4-2-8-14(16)20(28-22)26-19-13-7-1-3-9-15(13)21(27-19)29-23/h1-12,26-28H. The van der Waals surface area contributed by atoms with Gasteiger partial charge >= 0.3 is 0 Å². The van der Waals surface area contributed by atoms with E-state index in [1.807, 2.05) is 48.5 Å². The molecule has 1 aliphatic rings. The molecule has 7 rings (SSSR count). The molecule has 0 atom stereocenters. The van der Waals surface area contributed by atoms with Crippen LogP contribution in [0.5, 0.6) is 0 Å². The highest BCUT2D eigenvalue weighted by atomic mass is 15.1. The predicted molar refractivity (Wildman–Crippen MR) is 125 cm³/mol. The second kappa shape index (κ2) is 5.89. The van der Waals surface area contributed by atoms with Crippen LogP contribution in [-0.2, 0) is 0 Å². The quantitative estimate of drug-likeness (QED) is 0.324. The Balaban J connectivity index is 1.75. The number of H-pyrrole nitrogens is 2. The molecular formula is C24H15BN6. The van der Waals surface area contributed by atoms with Crippen LogP contribution in [0.25, 0.3) is 32.3 Å². The highest BCUT2D eigenvalue weighted by Gasteiger charge is 2.16. The maximum absolute atomic E-state index is 6.58. The van der Waals surface area contributed by atoms with Gasteiger partial charge in [-0.2, -0.15) is 0 Å². The third kappa shape index (κ3) is 2.23. The first-order valence-corrected chi connectivity index (χ1v) is 10.1. The molecular weight excluding hydrogens is 383 g/mol. The fraction of sp³-hybridized carbons (Fsp3) is 0. The van der Waals surface area contributed by atoms with E-state index >= 15 is 0 Å². The highest BCUT2D eigenvalue weighted by molar-refractivity contribution is 6.09. The third-order valence-electron chi connectivity index (χ3n) is 5.94. The molecule has 0 saturated heterocycles. The Hall–Kier alpha value is -4.26. The Morgan fingerprint density at radius 3 is 1.39 bits per heavy atom. The van der Waals surface area contributed by atoms with Gasteiger partial charge in [0.2, 0.25) is 7.98 Å². The van der Waals surface area contributed by atoms with Gasteiger partial charge in [-0.3, -0.25) is 0 Å². The zero-order valence-corrected chi connectivity index (χ0v) is 16.3. The number of nitrogens with one attached hydrogen (secondary N) is 3. The second-order valence-electron chi connectivity index (χ2n) is 7.70. The monoisotopic (exact) mass is 398 g/mol. The van der Waals surface area contributed by atoms with E-state index in [0.717, 1.165) is 55.6 Å². The summed E-state index contributed by atoms with van der Waals surface area (Å²) < 4.78 is 1.57. The minimum Gasteiger partial charge on any atom is -0.367 e. The SMILES string of the molecule is [B]n1c2c3ccccc3c1=Nc1[nH]c(c3ccccc13)Nc1[nH]c(c3ccccc13)N=2. The van der Waals surface area contributed by atoms with Crippen LogP contribution in [0.1, 0.15) is 0 Å². The van der Waals surface area contributed by atoms with Crippen LogP contribution in [0, 0.1) is 0 Å². The molecule has 0 amide bonds. The fourth-order valence-electron chi connectivity index (χ4n) is 4.49. The lowest BCUT2D eigenvalue weighted by Crippen LogP contribution is -2.25. The van der Waals surface area contributed by atoms with Gasteiger partial charge in [0.15, 0.2) is 0 Å². The molecule has 0 saturated carbocycles. The summed E-state index contributed by atoms with van der Waals surface area (Å²) in [7, 11) is 6.58. The van der Waals surface area contributed by atoms with Crippen LogP contribution in [0.15, 0.2) is 82.8 Å². The lowest BCUT2D eigenvalue weighted by Gasteiger charge is -2.03. The molecule has 0 aliphatic carbocycles. The van der Waals surface area contributed by atoms with Gasteiger partial charge in [-0.15, -0.1) is 0 Å². The topological polar surface area (TPSA) is 73.3 Å². The van der Waals surface area contributed by atoms with Gasteiger partial charge < -0.3 is 19.8 Å². The number of aromatic amines is 2. The zero-order valence-electron chi connectivity index (χ0n) is 16.3. The average molecular weight is 398 g/mol. The number of fused-ring (bicyclic) bond motifs is 15. The molecule has 144 valence electrons. The Bertz CT molecular complexity index is 1660. The number of hydrogen-bond donors (Lipinski definition) is 3. The first-order chi connectivity index (χ1) is 15.3. The molecule has 6 aromatic rings. The summed E-state index contributed by atoms with van der Waals surface area (Å²) >= 11 is 0. The van der Waals surface area contributed by atoms with Crippen LogP contribution in [0.2, 0.25) is 0 Å². The molecule has 7 heteroatoms. The minimum atomic E-state index is 0.657. The third-order valence-corrected chi connectivity index (χ3v) is 5.94. The maximum atomic E-state index is 6.58. The highest BCUT2D eigenvalue weighted by Crippen LogP contribution is 2.37. The van der Waals surface area contributed by atoms with Crippen LogP contribution in [0.3, 0.4) is 0 Å². The Labute approximate surface area is 177 Å². The average Bonchev–Trinajstić information content (AvgIpc) is 3.42. The van der Waals surface area contributed by atoms with Crippen molar-refractivity contribution in [3.05, 3.63) is 83.8 Å². The number of hydrogen-bond acceptors (Lipinski definition) is 3. The maximum Gasteiger partial charge on any atom is 0.238 e. The molecule has 6 bridgehead atoms. The number of rotatable bonds is 0. The summed E-state index contributed by atoms with van der Waals surface area (Å²) in [5, 5.41) is 9.58. The summed E-state index contributed by atoms with van der Waals surface area (Å²) in [5.41, 5.74) is 1.31. The van der Waals surface area contributed by atoms with Crippen molar-refractivity contribution in [2.45, 2.75) is 0 Å². The lowest BCUT2D eigenvalue weighted by molar-refractivity contribution is 1.03. The molecule has 1 aliphatic heterocycles. The first kappa shape index (κ1) is 16.5. The van der Waals surface area contributed by atoms with E-state index in [2.05, 4.69) is 39.6 Å². The summed E-state index contributed by atoms with van der Waals surface area (Å²) in [5.74, 6) is 3.23. The Morgan fingerprint density at radius 2 is 0.935 bits per heavy atom. The number of aromatic nitrogens is 3. The van der Waals surface area contributed by atoms with E-state index < -0.39 is 0 Å². The van der Waals surface area contributed by atoms with Crippen molar-refractivity contribution in [3.8, 4) is 0 Å². The van der Waals surface area contributed by atoms with E-state index in [1.54, 1.807) is 4.48 Å². The van der Waals surface area contributed by atoms with E-state index in [9.17, 15) is 0 Å². The van der Waals surface area contributed by atoms with Crippen LogP contribution in [-0.4, -0.2) is 22.4 Å². The minimum absolute atomic E-state index is 0.657. The first-order valence-electron chi connectivity index (χ1n) is 10.1. The Morgan fingerprint density at radius 1 is 0.548 bits per heavy atom. The van der Waals surface area contributed by atoms with Crippen molar-refractivity contribution in [1.82, 2.24) is 14.4 Å². The number of benzene rings is 3. The van der Waals surface area contributed by atoms with Crippen LogP contribution < -0.4 is 16.3 Å². The van der Waals surface area contributed by atoms with Gasteiger partial charge in [-0.05, 0) is 0 Å². The van der Waals surface area contributed by atoms with E-state index in [4.69, 9.17) is 18.0 Å². The van der Waals surface area contributed by atoms with Gasteiger partial charge in [-0.25, -0.2) is 9.98 Å². The molecule has 31 heavy (non-hydrogen) atoms. The summed E-state index contributed by atoms with van der Waals surface area (Å²) in [4.78, 5) is 16.8. The Kier molecular flexibility index (Phi) is 3.14. The molecule has 4 heterocycles. The van der Waals surface area contributed by atoms with Gasteiger partial charge in [0, 0.05) is 32.3 Å². The molecule has 3 aromatic heterocycles. The molecule has 2 radical (unpaired) electrons. The van der Waals surface area contributed by atoms with Crippen LogP contribution >= 0.6 is 0 Å². The van der Waals surface area contributed by atoms with Crippen molar-refractivity contribution in [2.24, 2.45) is 9.98 Å². The van der Waals surface area contributed by atoms with Gasteiger partial charge in [0.1, 0.15) is 34.2 Å². The smallest absolute Gasteiger partial charge is 0.238 e. The normalized spacial score (nSPS) is 12.8. The number of nitrogens with zero attached hydrogens (tertiary/aromatic N) is 3. The van der Waals surface area contributed by atoms with Gasteiger partial charge in [0.05, 0.1) is 0 Å². The summed E-state index contributed by atoms with van der Waals surface area (Å²) in [6.45, 7) is 0. The molecule has 0 fully saturated rings. The second-order valence-corrected chi connectivity index (χ2v) is 7.70. The van der Waals surface area contributed by atoms with E-state index in [1.165, 1.54) is 0 Å². The lowest BCUT2D eigenvalue weighted by atomic mass is 10.2. The largest absolute Gasteiger partial charge is 0.367 e. The van der Waals surface area contributed by atoms with Crippen molar-refractivity contribution >= 4 is 63.6 Å². The number of anilines is 2. The molecule has 3 aromatic carbocycles. The van der Waals surface area contributed by atoms with Crippen molar-refractivity contribution < 1.29 is 0 Å². The van der Waals surface area contributed by atoms with E-state index in [-0.39, 0.29) is 0 Å². The zero-order chi connectivity index (χ0) is 20.5. The molecule has 6 nitrogen and oxygen atoms in total. The van der Waals surface area contributed by atoms with Crippen molar-refractivity contribution in [3.63, 3.8) is 0 Å². The fourth-order valence-corrected chi connectivity index (χ4v) is 4.49. The molecule has 0 spiro atoms. The van der Waals surface area contributed by atoms with Gasteiger partial charge in [0.25, 0.3) is 0 Å². The van der Waals surface area contributed by atoms with Crippen molar-refractivity contribution in [1.29, 1.82) is 0 Å². The van der Waals surface area contributed by atoms with Crippen molar-refractivity contribution in [2.75, 3.05) is 5.32 Å².